The van der Waals surface area contributed by atoms with Crippen molar-refractivity contribution in [1.82, 2.24) is 4.98 Å². The number of nitriles is 1. The van der Waals surface area contributed by atoms with Gasteiger partial charge in [0, 0.05) is 21.7 Å². The van der Waals surface area contributed by atoms with Gasteiger partial charge in [-0.2, -0.15) is 5.26 Å². The van der Waals surface area contributed by atoms with Crippen LogP contribution in [0.3, 0.4) is 0 Å². The Labute approximate surface area is 145 Å². The summed E-state index contributed by atoms with van der Waals surface area (Å²) in [6, 6.07) is 18.8. The highest BCUT2D eigenvalue weighted by molar-refractivity contribution is 6.30. The van der Waals surface area contributed by atoms with Gasteiger partial charge >= 0.3 is 0 Å². The van der Waals surface area contributed by atoms with Crippen molar-refractivity contribution in [3.8, 4) is 34.2 Å². The molecule has 0 fully saturated rings. The molecule has 0 aliphatic heterocycles. The van der Waals surface area contributed by atoms with Crippen LogP contribution in [-0.4, -0.2) is 12.1 Å². The fourth-order valence-electron chi connectivity index (χ4n) is 2.53. The number of rotatable bonds is 3. The zero-order chi connectivity index (χ0) is 17.1. The Kier molecular flexibility index (Phi) is 4.37. The van der Waals surface area contributed by atoms with E-state index >= 15 is 0 Å². The van der Waals surface area contributed by atoms with Crippen LogP contribution in [0.25, 0.3) is 22.4 Å². The third kappa shape index (κ3) is 2.90. The molecular formula is C19H14ClN3O. The molecule has 0 spiro atoms. The lowest BCUT2D eigenvalue weighted by atomic mass is 9.97. The summed E-state index contributed by atoms with van der Waals surface area (Å²) in [4.78, 5) is 4.36. The highest BCUT2D eigenvalue weighted by atomic mass is 35.5. The molecule has 2 N–H and O–H groups in total. The molecule has 3 rings (SSSR count). The van der Waals surface area contributed by atoms with Gasteiger partial charge in [0.2, 0.25) is 0 Å². The van der Waals surface area contributed by atoms with Gasteiger partial charge < -0.3 is 10.5 Å². The Bertz CT molecular complexity index is 930. The van der Waals surface area contributed by atoms with E-state index in [2.05, 4.69) is 11.1 Å². The molecule has 118 valence electrons. The summed E-state index contributed by atoms with van der Waals surface area (Å²) in [5.41, 5.74) is 9.38. The maximum absolute atomic E-state index is 9.49. The third-order valence-electron chi connectivity index (χ3n) is 3.70. The van der Waals surface area contributed by atoms with E-state index in [4.69, 9.17) is 22.1 Å². The van der Waals surface area contributed by atoms with E-state index in [0.717, 1.165) is 11.1 Å². The molecule has 2 aromatic carbocycles. The standard InChI is InChI=1S/C19H14ClN3O/c1-24-18-5-3-2-4-14(18)15-10-17(23-19(22)16(15)11-21)12-6-8-13(20)9-7-12/h2-10H,1H3,(H2,22,23). The molecule has 24 heavy (non-hydrogen) atoms. The monoisotopic (exact) mass is 335 g/mol. The number of benzene rings is 2. The van der Waals surface area contributed by atoms with Crippen molar-refractivity contribution < 1.29 is 4.74 Å². The molecule has 1 heterocycles. The number of nitrogens with zero attached hydrogens (tertiary/aromatic N) is 2. The number of anilines is 1. The first kappa shape index (κ1) is 15.9. The van der Waals surface area contributed by atoms with Crippen molar-refractivity contribution in [2.45, 2.75) is 0 Å². The van der Waals surface area contributed by atoms with Crippen LogP contribution in [0.4, 0.5) is 5.82 Å². The third-order valence-corrected chi connectivity index (χ3v) is 3.95. The van der Waals surface area contributed by atoms with Crippen LogP contribution in [0.1, 0.15) is 5.56 Å². The molecule has 0 radical (unpaired) electrons. The average molecular weight is 336 g/mol. The summed E-state index contributed by atoms with van der Waals surface area (Å²) >= 11 is 5.94. The highest BCUT2D eigenvalue weighted by Crippen LogP contribution is 2.36. The van der Waals surface area contributed by atoms with Crippen LogP contribution in [0.15, 0.2) is 54.6 Å². The first-order valence-electron chi connectivity index (χ1n) is 7.24. The second-order valence-corrected chi connectivity index (χ2v) is 5.57. The molecule has 0 aliphatic carbocycles. The minimum atomic E-state index is 0.186. The summed E-state index contributed by atoms with van der Waals surface area (Å²) in [7, 11) is 1.59. The quantitative estimate of drug-likeness (QED) is 0.763. The van der Waals surface area contributed by atoms with Crippen molar-refractivity contribution in [1.29, 1.82) is 5.26 Å². The number of nitrogen functional groups attached to an aromatic ring is 1. The van der Waals surface area contributed by atoms with E-state index in [9.17, 15) is 5.26 Å². The van der Waals surface area contributed by atoms with Crippen LogP contribution in [0, 0.1) is 11.3 Å². The number of pyridine rings is 1. The largest absolute Gasteiger partial charge is 0.496 e. The Morgan fingerprint density at radius 3 is 2.46 bits per heavy atom. The molecule has 5 heteroatoms. The molecule has 4 nitrogen and oxygen atoms in total. The maximum Gasteiger partial charge on any atom is 0.142 e. The van der Waals surface area contributed by atoms with Crippen LogP contribution >= 0.6 is 11.6 Å². The van der Waals surface area contributed by atoms with E-state index in [1.54, 1.807) is 19.2 Å². The number of aromatic nitrogens is 1. The first-order chi connectivity index (χ1) is 11.6. The van der Waals surface area contributed by atoms with Crippen LogP contribution in [0.5, 0.6) is 5.75 Å². The number of methoxy groups -OCH3 is 1. The summed E-state index contributed by atoms with van der Waals surface area (Å²) < 4.78 is 5.41. The molecule has 3 aromatic rings. The van der Waals surface area contributed by atoms with Crippen LogP contribution in [0.2, 0.25) is 5.02 Å². The molecule has 1 aromatic heterocycles. The number of ether oxygens (including phenoxy) is 1. The van der Waals surface area contributed by atoms with Gasteiger partial charge in [0.1, 0.15) is 23.2 Å². The second-order valence-electron chi connectivity index (χ2n) is 5.13. The summed E-state index contributed by atoms with van der Waals surface area (Å²) in [6.07, 6.45) is 0. The molecule has 0 saturated carbocycles. The number of nitrogens with two attached hydrogens (primary N) is 1. The maximum atomic E-state index is 9.49. The minimum Gasteiger partial charge on any atom is -0.496 e. The van der Waals surface area contributed by atoms with Crippen LogP contribution < -0.4 is 10.5 Å². The van der Waals surface area contributed by atoms with Crippen molar-refractivity contribution in [3.63, 3.8) is 0 Å². The normalized spacial score (nSPS) is 10.2. The SMILES string of the molecule is COc1ccccc1-c1cc(-c2ccc(Cl)cc2)nc(N)c1C#N. The predicted molar refractivity (Wildman–Crippen MR) is 95.8 cm³/mol. The molecule has 0 bridgehead atoms. The summed E-state index contributed by atoms with van der Waals surface area (Å²) in [5, 5.41) is 10.1. The van der Waals surface area contributed by atoms with Gasteiger partial charge in [0.15, 0.2) is 0 Å². The average Bonchev–Trinajstić information content (AvgIpc) is 2.61. The fraction of sp³-hybridized carbons (Fsp3) is 0.0526. The summed E-state index contributed by atoms with van der Waals surface area (Å²) in [5.74, 6) is 0.854. The van der Waals surface area contributed by atoms with Gasteiger partial charge in [0.05, 0.1) is 12.8 Å². The molecule has 0 unspecified atom stereocenters. The molecule has 0 atom stereocenters. The highest BCUT2D eigenvalue weighted by Gasteiger charge is 2.16. The summed E-state index contributed by atoms with van der Waals surface area (Å²) in [6.45, 7) is 0. The molecular weight excluding hydrogens is 322 g/mol. The van der Waals surface area contributed by atoms with Crippen molar-refractivity contribution in [3.05, 3.63) is 65.2 Å². The van der Waals surface area contributed by atoms with E-state index in [-0.39, 0.29) is 5.82 Å². The fourth-order valence-corrected chi connectivity index (χ4v) is 2.66. The van der Waals surface area contributed by atoms with Gasteiger partial charge in [-0.15, -0.1) is 0 Å². The van der Waals surface area contributed by atoms with Gasteiger partial charge in [-0.25, -0.2) is 4.98 Å². The van der Waals surface area contributed by atoms with Gasteiger partial charge in [-0.1, -0.05) is 41.9 Å². The Balaban J connectivity index is 2.25. The Morgan fingerprint density at radius 1 is 1.08 bits per heavy atom. The number of hydrogen-bond donors (Lipinski definition) is 1. The topological polar surface area (TPSA) is 71.9 Å². The lowest BCUT2D eigenvalue weighted by Gasteiger charge is -2.13. The van der Waals surface area contributed by atoms with Gasteiger partial charge in [0.25, 0.3) is 0 Å². The smallest absolute Gasteiger partial charge is 0.142 e. The number of para-hydroxylation sites is 1. The zero-order valence-corrected chi connectivity index (χ0v) is 13.7. The minimum absolute atomic E-state index is 0.186. The van der Waals surface area contributed by atoms with E-state index < -0.39 is 0 Å². The predicted octanol–water partition coefficient (Wildman–Crippen LogP) is 4.53. The molecule has 0 aliphatic rings. The van der Waals surface area contributed by atoms with Crippen molar-refractivity contribution >= 4 is 17.4 Å². The van der Waals surface area contributed by atoms with E-state index in [0.29, 0.717) is 27.6 Å². The van der Waals surface area contributed by atoms with E-state index in [1.165, 1.54) is 0 Å². The van der Waals surface area contributed by atoms with Gasteiger partial charge in [-0.05, 0) is 24.3 Å². The van der Waals surface area contributed by atoms with Crippen molar-refractivity contribution in [2.75, 3.05) is 12.8 Å². The second kappa shape index (κ2) is 6.61. The number of hydrogen-bond acceptors (Lipinski definition) is 4. The Hall–Kier alpha value is -3.03. The van der Waals surface area contributed by atoms with Gasteiger partial charge in [-0.3, -0.25) is 0 Å². The van der Waals surface area contributed by atoms with Crippen molar-refractivity contribution in [2.24, 2.45) is 0 Å². The zero-order valence-electron chi connectivity index (χ0n) is 13.0. The van der Waals surface area contributed by atoms with Crippen LogP contribution in [-0.2, 0) is 0 Å². The Morgan fingerprint density at radius 2 is 1.79 bits per heavy atom. The molecule has 0 saturated heterocycles. The lowest BCUT2D eigenvalue weighted by molar-refractivity contribution is 0.416. The molecule has 0 amide bonds. The van der Waals surface area contributed by atoms with E-state index in [1.807, 2.05) is 42.5 Å². The lowest BCUT2D eigenvalue weighted by Crippen LogP contribution is -2.00. The first-order valence-corrected chi connectivity index (χ1v) is 7.61. The number of halogens is 1.